The van der Waals surface area contributed by atoms with E-state index >= 15 is 0 Å². The average molecular weight is 416 g/mol. The number of nitrogens with zero attached hydrogens (tertiary/aromatic N) is 3. The van der Waals surface area contributed by atoms with Crippen molar-refractivity contribution < 1.29 is 9.30 Å². The molecule has 1 aliphatic heterocycles. The third kappa shape index (κ3) is 4.19. The van der Waals surface area contributed by atoms with Gasteiger partial charge in [-0.05, 0) is 54.3 Å². The Labute approximate surface area is 188 Å². The number of anilines is 1. The Bertz CT molecular complexity index is 1260. The van der Waals surface area contributed by atoms with E-state index in [1.54, 1.807) is 6.20 Å². The molecule has 0 unspecified atom stereocenters. The maximum Gasteiger partial charge on any atom is 0.234 e. The fraction of sp³-hybridized carbons (Fsp3) is 0.0370. The second-order valence-electron chi connectivity index (χ2n) is 7.67. The van der Waals surface area contributed by atoms with Crippen molar-refractivity contribution in [3.63, 3.8) is 0 Å². The standard InChI is InChI=1S/C27H23BN3O/c1-30-18-8-6-11-25(30)22-13-14-24(26(21-22)32-27-12-5-7-17-29-27)28-15-19-31(20-16-28)23-9-3-2-4-10-23/h2-21H,1H3/q+1. The third-order valence-corrected chi connectivity index (χ3v) is 5.54. The molecule has 4 aromatic rings. The Morgan fingerprint density at radius 1 is 0.844 bits per heavy atom. The molecule has 5 rings (SSSR count). The zero-order valence-electron chi connectivity index (χ0n) is 17.9. The van der Waals surface area contributed by atoms with Gasteiger partial charge in [-0.2, -0.15) is 0 Å². The van der Waals surface area contributed by atoms with Gasteiger partial charge < -0.3 is 9.64 Å². The molecule has 0 fully saturated rings. The summed E-state index contributed by atoms with van der Waals surface area (Å²) in [6.45, 7) is 0.104. The summed E-state index contributed by atoms with van der Waals surface area (Å²) in [6, 6.07) is 28.6. The molecular formula is C27H23BN3O+. The van der Waals surface area contributed by atoms with Gasteiger partial charge in [-0.15, -0.1) is 0 Å². The molecule has 5 heteroatoms. The SMILES string of the molecule is C[n+]1ccccc1-c1ccc(B2C=CN(c3ccccc3)C=C2)c(Oc2ccccn2)c1. The van der Waals surface area contributed by atoms with Gasteiger partial charge in [0.15, 0.2) is 6.20 Å². The number of hydrogen-bond donors (Lipinski definition) is 0. The van der Waals surface area contributed by atoms with Gasteiger partial charge in [0, 0.05) is 35.6 Å². The highest BCUT2D eigenvalue weighted by molar-refractivity contribution is 6.83. The van der Waals surface area contributed by atoms with Crippen molar-refractivity contribution >= 4 is 17.9 Å². The Hall–Kier alpha value is -4.12. The van der Waals surface area contributed by atoms with Crippen molar-refractivity contribution in [2.24, 2.45) is 7.05 Å². The first-order chi connectivity index (χ1) is 15.8. The van der Waals surface area contributed by atoms with Crippen LogP contribution in [-0.4, -0.2) is 11.7 Å². The molecule has 2 aromatic heterocycles. The van der Waals surface area contributed by atoms with Crippen LogP contribution in [0, 0.1) is 0 Å². The summed E-state index contributed by atoms with van der Waals surface area (Å²) >= 11 is 0. The van der Waals surface area contributed by atoms with Crippen molar-refractivity contribution in [3.05, 3.63) is 122 Å². The zero-order chi connectivity index (χ0) is 21.8. The summed E-state index contributed by atoms with van der Waals surface area (Å²) < 4.78 is 8.38. The summed E-state index contributed by atoms with van der Waals surface area (Å²) in [5.41, 5.74) is 4.45. The van der Waals surface area contributed by atoms with E-state index in [1.165, 1.54) is 0 Å². The van der Waals surface area contributed by atoms with E-state index in [0.29, 0.717) is 5.88 Å². The third-order valence-electron chi connectivity index (χ3n) is 5.54. The molecular weight excluding hydrogens is 393 g/mol. The van der Waals surface area contributed by atoms with Crippen LogP contribution in [0.25, 0.3) is 11.3 Å². The fourth-order valence-electron chi connectivity index (χ4n) is 3.87. The molecule has 0 radical (unpaired) electrons. The first-order valence-corrected chi connectivity index (χ1v) is 10.7. The molecule has 0 saturated carbocycles. The fourth-order valence-corrected chi connectivity index (χ4v) is 3.87. The molecule has 0 saturated heterocycles. The molecule has 2 aromatic carbocycles. The summed E-state index contributed by atoms with van der Waals surface area (Å²) in [6.07, 6.45) is 8.01. The molecule has 154 valence electrons. The molecule has 1 aliphatic rings. The minimum atomic E-state index is 0.104. The van der Waals surface area contributed by atoms with Crippen LogP contribution in [0.4, 0.5) is 5.69 Å². The Balaban J connectivity index is 1.50. The lowest BCUT2D eigenvalue weighted by atomic mass is 9.44. The Morgan fingerprint density at radius 3 is 2.38 bits per heavy atom. The number of rotatable bonds is 5. The second kappa shape index (κ2) is 8.94. The second-order valence-corrected chi connectivity index (χ2v) is 7.67. The summed E-state index contributed by atoms with van der Waals surface area (Å²) in [5, 5.41) is 0. The predicted octanol–water partition coefficient (Wildman–Crippen LogP) is 4.69. The van der Waals surface area contributed by atoms with Gasteiger partial charge in [0.1, 0.15) is 12.8 Å². The van der Waals surface area contributed by atoms with Crippen molar-refractivity contribution in [1.82, 2.24) is 4.98 Å². The van der Waals surface area contributed by atoms with Gasteiger partial charge in [-0.25, -0.2) is 9.55 Å². The van der Waals surface area contributed by atoms with Crippen LogP contribution >= 0.6 is 0 Å². The van der Waals surface area contributed by atoms with Crippen molar-refractivity contribution in [3.8, 4) is 22.9 Å². The molecule has 0 atom stereocenters. The van der Waals surface area contributed by atoms with Gasteiger partial charge in [-0.3, -0.25) is 0 Å². The van der Waals surface area contributed by atoms with Gasteiger partial charge in [0.25, 0.3) is 0 Å². The van der Waals surface area contributed by atoms with E-state index in [1.807, 2.05) is 61.8 Å². The van der Waals surface area contributed by atoms with Gasteiger partial charge in [0.05, 0.1) is 0 Å². The van der Waals surface area contributed by atoms with Gasteiger partial charge in [0.2, 0.25) is 18.3 Å². The molecule has 3 heterocycles. The van der Waals surface area contributed by atoms with Crippen molar-refractivity contribution in [2.45, 2.75) is 0 Å². The molecule has 32 heavy (non-hydrogen) atoms. The van der Waals surface area contributed by atoms with Crippen LogP contribution < -0.4 is 19.7 Å². The van der Waals surface area contributed by atoms with E-state index in [2.05, 4.69) is 75.2 Å². The quantitative estimate of drug-likeness (QED) is 0.349. The lowest BCUT2D eigenvalue weighted by Crippen LogP contribution is -2.32. The van der Waals surface area contributed by atoms with E-state index < -0.39 is 0 Å². The molecule has 0 aliphatic carbocycles. The maximum absolute atomic E-state index is 6.27. The predicted molar refractivity (Wildman–Crippen MR) is 130 cm³/mol. The normalized spacial score (nSPS) is 12.8. The highest BCUT2D eigenvalue weighted by atomic mass is 16.5. The first kappa shape index (κ1) is 19.8. The topological polar surface area (TPSA) is 29.2 Å². The Morgan fingerprint density at radius 2 is 1.62 bits per heavy atom. The van der Waals surface area contributed by atoms with Crippen molar-refractivity contribution in [1.29, 1.82) is 0 Å². The Kier molecular flexibility index (Phi) is 5.54. The van der Waals surface area contributed by atoms with Crippen molar-refractivity contribution in [2.75, 3.05) is 4.90 Å². The molecule has 0 spiro atoms. The number of aryl methyl sites for hydroxylation is 1. The highest BCUT2D eigenvalue weighted by Gasteiger charge is 2.21. The van der Waals surface area contributed by atoms with Crippen LogP contribution in [0.1, 0.15) is 0 Å². The monoisotopic (exact) mass is 416 g/mol. The number of aromatic nitrogens is 2. The highest BCUT2D eigenvalue weighted by Crippen LogP contribution is 2.25. The van der Waals surface area contributed by atoms with Crippen LogP contribution in [-0.2, 0) is 7.05 Å². The van der Waals surface area contributed by atoms with E-state index in [0.717, 1.165) is 28.2 Å². The van der Waals surface area contributed by atoms with Crippen LogP contribution in [0.15, 0.2) is 122 Å². The maximum atomic E-state index is 6.27. The van der Waals surface area contributed by atoms with E-state index in [-0.39, 0.29) is 6.71 Å². The number of pyridine rings is 2. The van der Waals surface area contributed by atoms with Crippen LogP contribution in [0.2, 0.25) is 0 Å². The largest absolute Gasteiger partial charge is 0.440 e. The lowest BCUT2D eigenvalue weighted by Gasteiger charge is -2.22. The van der Waals surface area contributed by atoms with E-state index in [4.69, 9.17) is 4.74 Å². The number of para-hydroxylation sites is 1. The number of hydrogen-bond acceptors (Lipinski definition) is 3. The molecule has 4 nitrogen and oxygen atoms in total. The zero-order valence-corrected chi connectivity index (χ0v) is 17.9. The summed E-state index contributed by atoms with van der Waals surface area (Å²) in [4.78, 5) is 6.48. The van der Waals surface area contributed by atoms with Gasteiger partial charge in [-0.1, -0.05) is 42.3 Å². The summed E-state index contributed by atoms with van der Waals surface area (Å²) in [7, 11) is 2.05. The number of ether oxygens (including phenoxy) is 1. The van der Waals surface area contributed by atoms with Crippen LogP contribution in [0.5, 0.6) is 11.6 Å². The molecule has 0 amide bonds. The van der Waals surface area contributed by atoms with Gasteiger partial charge >= 0.3 is 0 Å². The molecule has 0 N–H and O–H groups in total. The first-order valence-electron chi connectivity index (χ1n) is 10.7. The lowest BCUT2D eigenvalue weighted by molar-refractivity contribution is -0.660. The summed E-state index contributed by atoms with van der Waals surface area (Å²) in [5.74, 6) is 5.77. The number of benzene rings is 2. The minimum absolute atomic E-state index is 0.104. The van der Waals surface area contributed by atoms with E-state index in [9.17, 15) is 0 Å². The minimum Gasteiger partial charge on any atom is -0.440 e. The molecule has 0 bridgehead atoms. The smallest absolute Gasteiger partial charge is 0.234 e. The van der Waals surface area contributed by atoms with Crippen LogP contribution in [0.3, 0.4) is 0 Å². The average Bonchev–Trinajstić information content (AvgIpc) is 2.86.